The Hall–Kier alpha value is -0.480. The monoisotopic (exact) mass is 126 g/mol. The third-order valence-electron chi connectivity index (χ3n) is 1.45. The molecule has 0 aromatic carbocycles. The molecule has 2 unspecified atom stereocenters. The van der Waals surface area contributed by atoms with Crippen LogP contribution in [0.15, 0.2) is 0 Å². The van der Waals surface area contributed by atoms with Crippen LogP contribution >= 0.6 is 0 Å². The van der Waals surface area contributed by atoms with E-state index in [9.17, 15) is 0 Å². The first-order valence-corrected chi connectivity index (χ1v) is 3.36. The number of hydrogen-bond acceptors (Lipinski definition) is 1. The van der Waals surface area contributed by atoms with Crippen molar-refractivity contribution in [3.05, 3.63) is 0 Å². The topological polar surface area (TPSA) is 20.2 Å². The minimum atomic E-state index is -0.551. The van der Waals surface area contributed by atoms with Crippen molar-refractivity contribution >= 4 is 0 Å². The van der Waals surface area contributed by atoms with Crippen molar-refractivity contribution in [2.24, 2.45) is 5.92 Å². The van der Waals surface area contributed by atoms with E-state index < -0.39 is 6.10 Å². The second-order valence-corrected chi connectivity index (χ2v) is 2.38. The fourth-order valence-corrected chi connectivity index (χ4v) is 0.777. The molecule has 0 saturated heterocycles. The normalized spacial score (nSPS) is 16.2. The van der Waals surface area contributed by atoms with Crippen LogP contribution < -0.4 is 0 Å². The highest BCUT2D eigenvalue weighted by molar-refractivity contribution is 4.95. The molecule has 0 aromatic rings. The maximum absolute atomic E-state index is 9.02. The summed E-state index contributed by atoms with van der Waals surface area (Å²) in [4.78, 5) is 0. The summed E-state index contributed by atoms with van der Waals surface area (Å²) in [5, 5.41) is 9.02. The Morgan fingerprint density at radius 1 is 1.67 bits per heavy atom. The van der Waals surface area contributed by atoms with E-state index in [1.165, 1.54) is 0 Å². The summed E-state index contributed by atoms with van der Waals surface area (Å²) in [6.07, 6.45) is 6.54. The van der Waals surface area contributed by atoms with Crippen molar-refractivity contribution < 1.29 is 5.11 Å². The van der Waals surface area contributed by atoms with Crippen LogP contribution in [0.25, 0.3) is 0 Å². The van der Waals surface area contributed by atoms with Gasteiger partial charge in [0, 0.05) is 0 Å². The summed E-state index contributed by atoms with van der Waals surface area (Å²) in [6, 6.07) is 0. The first-order chi connectivity index (χ1) is 4.22. The van der Waals surface area contributed by atoms with E-state index in [0.717, 1.165) is 12.8 Å². The molecule has 0 saturated carbocycles. The first kappa shape index (κ1) is 8.52. The van der Waals surface area contributed by atoms with E-state index in [1.54, 1.807) is 0 Å². The van der Waals surface area contributed by atoms with Gasteiger partial charge in [0.25, 0.3) is 0 Å². The van der Waals surface area contributed by atoms with Gasteiger partial charge in [-0.2, -0.15) is 0 Å². The molecule has 0 aliphatic heterocycles. The molecule has 0 amide bonds. The summed E-state index contributed by atoms with van der Waals surface area (Å²) >= 11 is 0. The zero-order valence-electron chi connectivity index (χ0n) is 6.09. The Morgan fingerprint density at radius 3 is 2.56 bits per heavy atom. The smallest absolute Gasteiger partial charge is 0.117 e. The molecule has 0 heterocycles. The molecule has 0 radical (unpaired) electrons. The Labute approximate surface area is 57.1 Å². The zero-order chi connectivity index (χ0) is 7.28. The minimum absolute atomic E-state index is 0.250. The van der Waals surface area contributed by atoms with E-state index >= 15 is 0 Å². The van der Waals surface area contributed by atoms with Crippen molar-refractivity contribution in [2.45, 2.75) is 32.8 Å². The fourth-order valence-electron chi connectivity index (χ4n) is 0.777. The number of aliphatic hydroxyl groups is 1. The Kier molecular flexibility index (Phi) is 4.17. The minimum Gasteiger partial charge on any atom is -0.380 e. The van der Waals surface area contributed by atoms with E-state index in [2.05, 4.69) is 12.8 Å². The van der Waals surface area contributed by atoms with Gasteiger partial charge in [-0.25, -0.2) is 0 Å². The van der Waals surface area contributed by atoms with Gasteiger partial charge in [-0.3, -0.25) is 0 Å². The number of terminal acetylenes is 1. The lowest BCUT2D eigenvalue weighted by atomic mass is 10.0. The van der Waals surface area contributed by atoms with Gasteiger partial charge in [0.2, 0.25) is 0 Å². The maximum Gasteiger partial charge on any atom is 0.117 e. The van der Waals surface area contributed by atoms with Gasteiger partial charge in [-0.05, 0) is 12.3 Å². The molecular weight excluding hydrogens is 112 g/mol. The Morgan fingerprint density at radius 2 is 2.22 bits per heavy atom. The highest BCUT2D eigenvalue weighted by Crippen LogP contribution is 2.08. The lowest BCUT2D eigenvalue weighted by Gasteiger charge is -2.10. The summed E-state index contributed by atoms with van der Waals surface area (Å²) in [5.74, 6) is 2.56. The molecule has 0 aromatic heterocycles. The number of aliphatic hydroxyl groups excluding tert-OH is 1. The van der Waals surface area contributed by atoms with Gasteiger partial charge in [-0.1, -0.05) is 26.2 Å². The summed E-state index contributed by atoms with van der Waals surface area (Å²) in [6.45, 7) is 4.05. The van der Waals surface area contributed by atoms with Crippen LogP contribution in [0.3, 0.4) is 0 Å². The standard InChI is InChI=1S/C8H14O/c1-4-6-7(3)8(9)5-2/h2,7-9H,4,6H2,1,3H3. The van der Waals surface area contributed by atoms with Gasteiger partial charge in [0.05, 0.1) is 0 Å². The highest BCUT2D eigenvalue weighted by atomic mass is 16.3. The molecule has 0 spiro atoms. The van der Waals surface area contributed by atoms with Gasteiger partial charge >= 0.3 is 0 Å². The molecule has 0 fully saturated rings. The van der Waals surface area contributed by atoms with E-state index in [1.807, 2.05) is 6.92 Å². The largest absolute Gasteiger partial charge is 0.380 e. The molecule has 0 bridgehead atoms. The molecule has 9 heavy (non-hydrogen) atoms. The third-order valence-corrected chi connectivity index (χ3v) is 1.45. The van der Waals surface area contributed by atoms with Crippen molar-refractivity contribution in [1.82, 2.24) is 0 Å². The fraction of sp³-hybridized carbons (Fsp3) is 0.750. The molecule has 52 valence electrons. The third kappa shape index (κ3) is 3.16. The predicted molar refractivity (Wildman–Crippen MR) is 38.9 cm³/mol. The van der Waals surface area contributed by atoms with Gasteiger partial charge in [-0.15, -0.1) is 6.42 Å². The SMILES string of the molecule is C#CC(O)C(C)CCC. The van der Waals surface area contributed by atoms with Crippen LogP contribution in [0.4, 0.5) is 0 Å². The van der Waals surface area contributed by atoms with Crippen molar-refractivity contribution in [1.29, 1.82) is 0 Å². The van der Waals surface area contributed by atoms with Crippen LogP contribution in [-0.2, 0) is 0 Å². The average Bonchev–Trinajstić information content (AvgIpc) is 1.87. The Balaban J connectivity index is 3.48. The molecule has 1 nitrogen and oxygen atoms in total. The van der Waals surface area contributed by atoms with E-state index in [4.69, 9.17) is 11.5 Å². The molecule has 1 heteroatoms. The molecule has 0 rings (SSSR count). The molecule has 0 aliphatic carbocycles. The molecule has 0 aliphatic rings. The average molecular weight is 126 g/mol. The van der Waals surface area contributed by atoms with Crippen LogP contribution in [0, 0.1) is 18.3 Å². The van der Waals surface area contributed by atoms with Gasteiger partial charge < -0.3 is 5.11 Å². The summed E-state index contributed by atoms with van der Waals surface area (Å²) in [5.41, 5.74) is 0. The molecular formula is C8H14O. The summed E-state index contributed by atoms with van der Waals surface area (Å²) < 4.78 is 0. The van der Waals surface area contributed by atoms with Crippen LogP contribution in [0.2, 0.25) is 0 Å². The van der Waals surface area contributed by atoms with Gasteiger partial charge in [0.15, 0.2) is 0 Å². The maximum atomic E-state index is 9.02. The van der Waals surface area contributed by atoms with E-state index in [0.29, 0.717) is 0 Å². The van der Waals surface area contributed by atoms with Crippen molar-refractivity contribution in [3.63, 3.8) is 0 Å². The zero-order valence-corrected chi connectivity index (χ0v) is 6.09. The van der Waals surface area contributed by atoms with Crippen LogP contribution in [0.1, 0.15) is 26.7 Å². The van der Waals surface area contributed by atoms with Crippen LogP contribution in [-0.4, -0.2) is 11.2 Å². The van der Waals surface area contributed by atoms with Crippen LogP contribution in [0.5, 0.6) is 0 Å². The highest BCUT2D eigenvalue weighted by Gasteiger charge is 2.08. The second kappa shape index (κ2) is 4.40. The lowest BCUT2D eigenvalue weighted by molar-refractivity contribution is 0.165. The van der Waals surface area contributed by atoms with Crippen molar-refractivity contribution in [2.75, 3.05) is 0 Å². The Bertz CT molecular complexity index is 102. The molecule has 2 atom stereocenters. The predicted octanol–water partition coefficient (Wildman–Crippen LogP) is 1.42. The summed E-state index contributed by atoms with van der Waals surface area (Å²) in [7, 11) is 0. The quantitative estimate of drug-likeness (QED) is 0.567. The second-order valence-electron chi connectivity index (χ2n) is 2.38. The lowest BCUT2D eigenvalue weighted by Crippen LogP contribution is -2.14. The molecule has 1 N–H and O–H groups in total. The first-order valence-electron chi connectivity index (χ1n) is 3.36. The van der Waals surface area contributed by atoms with Crippen molar-refractivity contribution in [3.8, 4) is 12.3 Å². The van der Waals surface area contributed by atoms with E-state index in [-0.39, 0.29) is 5.92 Å². The van der Waals surface area contributed by atoms with Gasteiger partial charge in [0.1, 0.15) is 6.10 Å². The number of rotatable bonds is 3. The number of hydrogen-bond donors (Lipinski definition) is 1.